The number of hydrogen-bond donors (Lipinski definition) is 0. The molecule has 7 heteroatoms. The van der Waals surface area contributed by atoms with Crippen LogP contribution in [0.3, 0.4) is 0 Å². The molecule has 0 fully saturated rings. The Kier molecular flexibility index (Phi) is 17.6. The highest BCUT2D eigenvalue weighted by Gasteiger charge is 2.31. The van der Waals surface area contributed by atoms with Crippen molar-refractivity contribution in [1.29, 1.82) is 10.5 Å². The standard InChI is InChI=1S/C3H2F3N.C3H2N2.C2H3N/c1-7-2-3(4,5)6;1-5-3-2-4;1-2-3/h2H2;3H2;1H3. The monoisotopic (exact) mass is 216 g/mol. The molecule has 0 rings (SSSR count). The molecule has 0 heterocycles. The minimum atomic E-state index is -4.30. The first-order valence-electron chi connectivity index (χ1n) is 3.30. The highest BCUT2D eigenvalue weighted by atomic mass is 19.4. The minimum Gasteiger partial charge on any atom is -0.307 e. The molecule has 0 aliphatic heterocycles. The molecule has 0 bridgehead atoms. The van der Waals surface area contributed by atoms with E-state index in [4.69, 9.17) is 23.7 Å². The van der Waals surface area contributed by atoms with Crippen molar-refractivity contribution in [3.63, 3.8) is 0 Å². The average molecular weight is 216 g/mol. The molecule has 0 radical (unpaired) electrons. The van der Waals surface area contributed by atoms with E-state index in [2.05, 4.69) is 9.69 Å². The van der Waals surface area contributed by atoms with Crippen molar-refractivity contribution in [2.45, 2.75) is 13.1 Å². The summed E-state index contributed by atoms with van der Waals surface area (Å²) in [5.74, 6) is 0. The fourth-order valence-electron chi connectivity index (χ4n) is 0.125. The van der Waals surface area contributed by atoms with Gasteiger partial charge in [-0.25, -0.2) is 13.1 Å². The van der Waals surface area contributed by atoms with Crippen LogP contribution in [0.2, 0.25) is 0 Å². The Labute approximate surface area is 85.8 Å². The third-order valence-corrected chi connectivity index (χ3v) is 0.408. The second-order valence-electron chi connectivity index (χ2n) is 1.63. The van der Waals surface area contributed by atoms with Gasteiger partial charge in [0.2, 0.25) is 0 Å². The predicted octanol–water partition coefficient (Wildman–Crippen LogP) is 2.43. The lowest BCUT2D eigenvalue weighted by atomic mass is 10.7. The largest absolute Gasteiger partial charge is 0.462 e. The van der Waals surface area contributed by atoms with Crippen LogP contribution in [0, 0.1) is 35.8 Å². The van der Waals surface area contributed by atoms with E-state index in [0.29, 0.717) is 0 Å². The van der Waals surface area contributed by atoms with Crippen LogP contribution in [0.1, 0.15) is 6.92 Å². The molecule has 0 amide bonds. The van der Waals surface area contributed by atoms with Gasteiger partial charge in [0.25, 0.3) is 6.54 Å². The molecule has 15 heavy (non-hydrogen) atoms. The summed E-state index contributed by atoms with van der Waals surface area (Å²) >= 11 is 0. The first-order chi connectivity index (χ1) is 6.89. The molecular weight excluding hydrogens is 209 g/mol. The Hall–Kier alpha value is -2.25. The Morgan fingerprint density at radius 1 is 1.20 bits per heavy atom. The maximum Gasteiger partial charge on any atom is 0.462 e. The van der Waals surface area contributed by atoms with Crippen molar-refractivity contribution < 1.29 is 13.2 Å². The molecule has 4 nitrogen and oxygen atoms in total. The third-order valence-electron chi connectivity index (χ3n) is 0.408. The molecule has 0 unspecified atom stereocenters. The van der Waals surface area contributed by atoms with E-state index in [1.54, 1.807) is 12.1 Å². The van der Waals surface area contributed by atoms with Crippen LogP contribution in [-0.4, -0.2) is 19.3 Å². The molecule has 0 saturated carbocycles. The van der Waals surface area contributed by atoms with Gasteiger partial charge in [-0.15, -0.1) is 0 Å². The van der Waals surface area contributed by atoms with Gasteiger partial charge in [0, 0.05) is 6.92 Å². The van der Waals surface area contributed by atoms with Crippen molar-refractivity contribution in [3.05, 3.63) is 22.8 Å². The lowest BCUT2D eigenvalue weighted by molar-refractivity contribution is -0.112. The van der Waals surface area contributed by atoms with E-state index >= 15 is 0 Å². The molecule has 0 aliphatic carbocycles. The number of alkyl halides is 3. The van der Waals surface area contributed by atoms with Crippen LogP contribution >= 0.6 is 0 Å². The molecule has 0 N–H and O–H groups in total. The van der Waals surface area contributed by atoms with Gasteiger partial charge in [0.05, 0.1) is 6.07 Å². The highest BCUT2D eigenvalue weighted by molar-refractivity contribution is 4.81. The first-order valence-corrected chi connectivity index (χ1v) is 3.30. The van der Waals surface area contributed by atoms with Crippen LogP contribution < -0.4 is 0 Å². The quantitative estimate of drug-likeness (QED) is 0.461. The van der Waals surface area contributed by atoms with E-state index in [1.165, 1.54) is 6.92 Å². The Bertz CT molecular complexity index is 282. The van der Waals surface area contributed by atoms with Crippen LogP contribution in [0.25, 0.3) is 9.69 Å². The zero-order valence-corrected chi connectivity index (χ0v) is 7.84. The van der Waals surface area contributed by atoms with E-state index < -0.39 is 12.7 Å². The Balaban J connectivity index is -0.000000158. The maximum atomic E-state index is 10.8. The molecule has 0 aromatic heterocycles. The summed E-state index contributed by atoms with van der Waals surface area (Å²) in [6.45, 7) is 11.8. The average Bonchev–Trinajstić information content (AvgIpc) is 2.05. The lowest BCUT2D eigenvalue weighted by Crippen LogP contribution is -2.09. The predicted molar refractivity (Wildman–Crippen MR) is 45.9 cm³/mol. The SMILES string of the molecule is CC#N.[C-]#[N+]CC#N.[C-]#[N+]CC(F)(F)F. The second-order valence-corrected chi connectivity index (χ2v) is 1.63. The Morgan fingerprint density at radius 3 is 1.60 bits per heavy atom. The van der Waals surface area contributed by atoms with E-state index in [0.717, 1.165) is 0 Å². The van der Waals surface area contributed by atoms with Crippen LogP contribution in [0.5, 0.6) is 0 Å². The smallest absolute Gasteiger partial charge is 0.307 e. The summed E-state index contributed by atoms with van der Waals surface area (Å²) in [5.41, 5.74) is 0. The second kappa shape index (κ2) is 14.3. The fraction of sp³-hybridized carbons (Fsp3) is 0.500. The van der Waals surface area contributed by atoms with Crippen LogP contribution in [-0.2, 0) is 0 Å². The third kappa shape index (κ3) is 79.4. The summed E-state index contributed by atoms with van der Waals surface area (Å²) in [4.78, 5) is 4.88. The Morgan fingerprint density at radius 2 is 1.60 bits per heavy atom. The molecule has 80 valence electrons. The van der Waals surface area contributed by atoms with E-state index in [9.17, 15) is 13.2 Å². The normalized spacial score (nSPS) is 6.93. The first kappa shape index (κ1) is 18.5. The van der Waals surface area contributed by atoms with E-state index in [1.807, 2.05) is 0 Å². The van der Waals surface area contributed by atoms with Gasteiger partial charge in [0.15, 0.2) is 0 Å². The molecule has 0 spiro atoms. The summed E-state index contributed by atoms with van der Waals surface area (Å²) in [7, 11) is 0. The van der Waals surface area contributed by atoms with Crippen molar-refractivity contribution in [1.82, 2.24) is 0 Å². The number of rotatable bonds is 0. The highest BCUT2D eigenvalue weighted by Crippen LogP contribution is 2.13. The minimum absolute atomic E-state index is 0.0139. The summed E-state index contributed by atoms with van der Waals surface area (Å²) in [6, 6.07) is 3.41. The van der Waals surface area contributed by atoms with Gasteiger partial charge < -0.3 is 9.69 Å². The number of hydrogen-bond acceptors (Lipinski definition) is 2. The van der Waals surface area contributed by atoms with E-state index in [-0.39, 0.29) is 6.54 Å². The van der Waals surface area contributed by atoms with Crippen LogP contribution in [0.4, 0.5) is 13.2 Å². The molecule has 0 saturated heterocycles. The number of nitrogens with zero attached hydrogens (tertiary/aromatic N) is 4. The summed E-state index contributed by atoms with van der Waals surface area (Å²) in [5, 5.41) is 14.9. The van der Waals surface area contributed by atoms with Gasteiger partial charge in [-0.2, -0.15) is 23.7 Å². The maximum absolute atomic E-state index is 10.8. The zero-order chi connectivity index (χ0) is 12.7. The zero-order valence-electron chi connectivity index (χ0n) is 7.84. The molecule has 0 aromatic rings. The van der Waals surface area contributed by atoms with Crippen molar-refractivity contribution >= 4 is 0 Å². The van der Waals surface area contributed by atoms with Crippen molar-refractivity contribution in [3.8, 4) is 12.1 Å². The topological polar surface area (TPSA) is 56.3 Å². The van der Waals surface area contributed by atoms with Crippen molar-refractivity contribution in [2.75, 3.05) is 13.1 Å². The van der Waals surface area contributed by atoms with Crippen LogP contribution in [0.15, 0.2) is 0 Å². The fourth-order valence-corrected chi connectivity index (χ4v) is 0.125. The van der Waals surface area contributed by atoms with Gasteiger partial charge >= 0.3 is 12.7 Å². The number of nitriles is 2. The summed E-state index contributed by atoms with van der Waals surface area (Å²) in [6.07, 6.45) is -4.30. The number of halogens is 3. The lowest BCUT2D eigenvalue weighted by Gasteiger charge is -1.91. The molecule has 0 atom stereocenters. The van der Waals surface area contributed by atoms with Gasteiger partial charge in [-0.1, -0.05) is 0 Å². The molecular formula is C8H7F3N4. The summed E-state index contributed by atoms with van der Waals surface area (Å²) < 4.78 is 32.5. The van der Waals surface area contributed by atoms with Gasteiger partial charge in [-0.3, -0.25) is 0 Å². The van der Waals surface area contributed by atoms with Gasteiger partial charge in [-0.05, 0) is 0 Å². The molecule has 0 aromatic carbocycles. The molecule has 0 aliphatic rings. The van der Waals surface area contributed by atoms with Gasteiger partial charge in [0.1, 0.15) is 6.07 Å². The van der Waals surface area contributed by atoms with Crippen molar-refractivity contribution in [2.24, 2.45) is 0 Å².